The lowest BCUT2D eigenvalue weighted by atomic mass is 10.1. The Bertz CT molecular complexity index is 304. The quantitative estimate of drug-likeness (QED) is 0.478. The van der Waals surface area contributed by atoms with Gasteiger partial charge in [0.05, 0.1) is 6.42 Å². The molecule has 0 saturated heterocycles. The molecule has 0 spiro atoms. The van der Waals surface area contributed by atoms with Crippen LogP contribution in [0, 0.1) is 5.92 Å². The molecule has 0 aliphatic heterocycles. The summed E-state index contributed by atoms with van der Waals surface area (Å²) < 4.78 is 0. The minimum Gasteiger partial charge on any atom is -0.481 e. The van der Waals surface area contributed by atoms with Crippen molar-refractivity contribution < 1.29 is 24.6 Å². The highest BCUT2D eigenvalue weighted by atomic mass is 16.4. The predicted octanol–water partition coefficient (Wildman–Crippen LogP) is 0.650. The van der Waals surface area contributed by atoms with Crippen LogP contribution >= 0.6 is 0 Å². The van der Waals surface area contributed by atoms with E-state index in [2.05, 4.69) is 24.5 Å². The van der Waals surface area contributed by atoms with E-state index >= 15 is 0 Å². The zero-order valence-electron chi connectivity index (χ0n) is 10.6. The van der Waals surface area contributed by atoms with Gasteiger partial charge in [-0.3, -0.25) is 4.79 Å². The predicted molar refractivity (Wildman–Crippen MR) is 64.3 cm³/mol. The van der Waals surface area contributed by atoms with Gasteiger partial charge in [-0.05, 0) is 18.8 Å². The number of urea groups is 1. The van der Waals surface area contributed by atoms with Gasteiger partial charge in [-0.1, -0.05) is 13.8 Å². The van der Waals surface area contributed by atoms with Crippen LogP contribution in [-0.2, 0) is 9.59 Å². The van der Waals surface area contributed by atoms with Crippen molar-refractivity contribution in [3.05, 3.63) is 0 Å². The molecule has 0 fully saturated rings. The van der Waals surface area contributed by atoms with E-state index in [1.165, 1.54) is 0 Å². The number of hydrogen-bond acceptors (Lipinski definition) is 3. The van der Waals surface area contributed by atoms with E-state index < -0.39 is 30.4 Å². The second-order valence-electron chi connectivity index (χ2n) is 4.42. The highest BCUT2D eigenvalue weighted by Gasteiger charge is 2.22. The first-order valence-electron chi connectivity index (χ1n) is 5.82. The van der Waals surface area contributed by atoms with Crippen LogP contribution in [0.25, 0.3) is 0 Å². The van der Waals surface area contributed by atoms with Gasteiger partial charge in [-0.2, -0.15) is 0 Å². The van der Waals surface area contributed by atoms with E-state index in [-0.39, 0.29) is 0 Å². The zero-order chi connectivity index (χ0) is 14.1. The average Bonchev–Trinajstić information content (AvgIpc) is 2.22. The van der Waals surface area contributed by atoms with Gasteiger partial charge in [0.2, 0.25) is 0 Å². The normalized spacial score (nSPS) is 11.9. The Labute approximate surface area is 106 Å². The zero-order valence-corrected chi connectivity index (χ0v) is 10.6. The van der Waals surface area contributed by atoms with Gasteiger partial charge in [0.1, 0.15) is 6.04 Å². The molecule has 0 saturated carbocycles. The number of rotatable bonds is 8. The van der Waals surface area contributed by atoms with Crippen LogP contribution in [0.2, 0.25) is 0 Å². The van der Waals surface area contributed by atoms with Gasteiger partial charge in [0, 0.05) is 6.54 Å². The lowest BCUT2D eigenvalue weighted by Gasteiger charge is -2.13. The molecule has 0 aromatic heterocycles. The monoisotopic (exact) mass is 260 g/mol. The van der Waals surface area contributed by atoms with E-state index in [4.69, 9.17) is 10.2 Å². The van der Waals surface area contributed by atoms with E-state index in [0.29, 0.717) is 12.5 Å². The standard InChI is InChI=1S/C11H20N2O5/c1-7(2)4-3-5-12-11(18)13-8(10(16)17)6-9(14)15/h7-8H,3-6H2,1-2H3,(H,14,15)(H,16,17)(H2,12,13,18). The second kappa shape index (κ2) is 8.32. The molecule has 0 heterocycles. The minimum absolute atomic E-state index is 0.434. The molecule has 18 heavy (non-hydrogen) atoms. The maximum Gasteiger partial charge on any atom is 0.326 e. The molecule has 7 heteroatoms. The fourth-order valence-electron chi connectivity index (χ4n) is 1.30. The SMILES string of the molecule is CC(C)CCCNC(=O)NC(CC(=O)O)C(=O)O. The topological polar surface area (TPSA) is 116 Å². The molecule has 0 aliphatic rings. The van der Waals surface area contributed by atoms with Gasteiger partial charge in [0.15, 0.2) is 0 Å². The molecule has 1 atom stereocenters. The van der Waals surface area contributed by atoms with Crippen molar-refractivity contribution in [3.8, 4) is 0 Å². The molecular formula is C11H20N2O5. The molecule has 104 valence electrons. The first kappa shape index (κ1) is 16.2. The average molecular weight is 260 g/mol. The molecule has 4 N–H and O–H groups in total. The summed E-state index contributed by atoms with van der Waals surface area (Å²) in [6.07, 6.45) is 1.11. The van der Waals surface area contributed by atoms with Gasteiger partial charge < -0.3 is 20.8 Å². The van der Waals surface area contributed by atoms with Gasteiger partial charge >= 0.3 is 18.0 Å². The number of carbonyl (C=O) groups excluding carboxylic acids is 1. The van der Waals surface area contributed by atoms with E-state index in [9.17, 15) is 14.4 Å². The molecule has 0 aromatic rings. The third kappa shape index (κ3) is 8.37. The summed E-state index contributed by atoms with van der Waals surface area (Å²) in [5, 5.41) is 21.8. The number of amides is 2. The highest BCUT2D eigenvalue weighted by Crippen LogP contribution is 2.01. The summed E-state index contributed by atoms with van der Waals surface area (Å²) in [5.74, 6) is -2.11. The van der Waals surface area contributed by atoms with E-state index in [0.717, 1.165) is 12.8 Å². The maximum absolute atomic E-state index is 11.3. The summed E-state index contributed by atoms with van der Waals surface area (Å²) in [6, 6.07) is -2.07. The number of carboxylic acids is 2. The molecule has 2 amide bonds. The lowest BCUT2D eigenvalue weighted by molar-refractivity contribution is -0.145. The number of hydrogen-bond donors (Lipinski definition) is 4. The Hall–Kier alpha value is -1.79. The van der Waals surface area contributed by atoms with Crippen LogP contribution in [0.1, 0.15) is 33.1 Å². The summed E-state index contributed by atoms with van der Waals surface area (Å²) in [4.78, 5) is 32.4. The second-order valence-corrected chi connectivity index (χ2v) is 4.42. The Morgan fingerprint density at radius 2 is 1.78 bits per heavy atom. The summed E-state index contributed by atoms with van der Waals surface area (Å²) in [5.41, 5.74) is 0. The third-order valence-corrected chi connectivity index (χ3v) is 2.23. The Morgan fingerprint density at radius 3 is 2.22 bits per heavy atom. The highest BCUT2D eigenvalue weighted by molar-refractivity contribution is 5.86. The first-order valence-corrected chi connectivity index (χ1v) is 5.82. The fraction of sp³-hybridized carbons (Fsp3) is 0.727. The molecule has 0 radical (unpaired) electrons. The Kier molecular flexibility index (Phi) is 7.50. The van der Waals surface area contributed by atoms with Crippen LogP contribution in [0.4, 0.5) is 4.79 Å². The summed E-state index contributed by atoms with van der Waals surface area (Å²) in [7, 11) is 0. The largest absolute Gasteiger partial charge is 0.481 e. The van der Waals surface area contributed by atoms with Gasteiger partial charge in [-0.15, -0.1) is 0 Å². The van der Waals surface area contributed by atoms with Crippen molar-refractivity contribution in [1.82, 2.24) is 10.6 Å². The number of nitrogens with one attached hydrogen (secondary N) is 2. The maximum atomic E-state index is 11.3. The lowest BCUT2D eigenvalue weighted by Crippen LogP contribution is -2.47. The Balaban J connectivity index is 3.95. The van der Waals surface area contributed by atoms with Gasteiger partial charge in [-0.25, -0.2) is 9.59 Å². The minimum atomic E-state index is -1.41. The van der Waals surface area contributed by atoms with Crippen LogP contribution in [-0.4, -0.2) is 40.8 Å². The van der Waals surface area contributed by atoms with E-state index in [1.54, 1.807) is 0 Å². The Morgan fingerprint density at radius 1 is 1.17 bits per heavy atom. The van der Waals surface area contributed by atoms with Crippen molar-refractivity contribution in [3.63, 3.8) is 0 Å². The molecule has 7 nitrogen and oxygen atoms in total. The number of carbonyl (C=O) groups is 3. The van der Waals surface area contributed by atoms with Crippen LogP contribution in [0.15, 0.2) is 0 Å². The molecule has 0 bridgehead atoms. The van der Waals surface area contributed by atoms with Crippen molar-refractivity contribution in [1.29, 1.82) is 0 Å². The van der Waals surface area contributed by atoms with Crippen molar-refractivity contribution >= 4 is 18.0 Å². The summed E-state index contributed by atoms with van der Waals surface area (Å²) >= 11 is 0. The third-order valence-electron chi connectivity index (χ3n) is 2.23. The fourth-order valence-corrected chi connectivity index (χ4v) is 1.30. The number of aliphatic carboxylic acids is 2. The van der Waals surface area contributed by atoms with E-state index in [1.807, 2.05) is 0 Å². The van der Waals surface area contributed by atoms with Crippen molar-refractivity contribution in [2.45, 2.75) is 39.2 Å². The summed E-state index contributed by atoms with van der Waals surface area (Å²) in [6.45, 7) is 4.56. The van der Waals surface area contributed by atoms with Crippen LogP contribution in [0.3, 0.4) is 0 Å². The number of carboxylic acid groups (broad SMARTS) is 2. The molecule has 0 aromatic carbocycles. The van der Waals surface area contributed by atoms with Crippen molar-refractivity contribution in [2.75, 3.05) is 6.54 Å². The molecule has 0 aliphatic carbocycles. The first-order chi connectivity index (χ1) is 8.32. The van der Waals surface area contributed by atoms with Crippen LogP contribution < -0.4 is 10.6 Å². The smallest absolute Gasteiger partial charge is 0.326 e. The van der Waals surface area contributed by atoms with Gasteiger partial charge in [0.25, 0.3) is 0 Å². The van der Waals surface area contributed by atoms with Crippen LogP contribution in [0.5, 0.6) is 0 Å². The molecule has 1 unspecified atom stereocenters. The molecular weight excluding hydrogens is 240 g/mol. The van der Waals surface area contributed by atoms with Crippen molar-refractivity contribution in [2.24, 2.45) is 5.92 Å². The molecule has 0 rings (SSSR count).